The van der Waals surface area contributed by atoms with Crippen molar-refractivity contribution in [3.63, 3.8) is 0 Å². The van der Waals surface area contributed by atoms with Gasteiger partial charge in [-0.2, -0.15) is 0 Å². The number of carbonyl (C=O) groups is 2. The summed E-state index contributed by atoms with van der Waals surface area (Å²) in [6, 6.07) is 0.917. The number of nitrogens with one attached hydrogen (secondary N) is 1. The van der Waals surface area contributed by atoms with Gasteiger partial charge in [-0.05, 0) is 40.9 Å². The minimum absolute atomic E-state index is 0.165. The van der Waals surface area contributed by atoms with E-state index in [9.17, 15) is 14.7 Å². The predicted octanol–water partition coefficient (Wildman–Crippen LogP) is 1.98. The maximum atomic E-state index is 13.5. The van der Waals surface area contributed by atoms with E-state index in [1.54, 1.807) is 45.0 Å². The van der Waals surface area contributed by atoms with Crippen LogP contribution in [0.25, 0.3) is 0 Å². The molecule has 11 heteroatoms. The minimum Gasteiger partial charge on any atom is -0.472 e. The zero-order valence-electron chi connectivity index (χ0n) is 22.5. The second-order valence-corrected chi connectivity index (χ2v) is 9.75. The van der Waals surface area contributed by atoms with Crippen molar-refractivity contribution in [3.05, 3.63) is 34.8 Å². The molecule has 3 heterocycles. The van der Waals surface area contributed by atoms with E-state index < -0.39 is 12.1 Å². The zero-order valence-corrected chi connectivity index (χ0v) is 22.5. The van der Waals surface area contributed by atoms with Crippen LogP contribution in [0.5, 0.6) is 5.88 Å². The molecule has 37 heavy (non-hydrogen) atoms. The van der Waals surface area contributed by atoms with E-state index in [1.807, 2.05) is 25.9 Å². The van der Waals surface area contributed by atoms with Crippen LogP contribution in [0.4, 0.5) is 10.5 Å². The Kier molecular flexibility index (Phi) is 9.13. The van der Waals surface area contributed by atoms with Gasteiger partial charge >= 0.3 is 6.03 Å². The number of fused-ring (bicyclic) bond motifs is 1. The number of hydrogen-bond donors (Lipinski definition) is 2. The normalized spacial score (nSPS) is 18.2. The van der Waals surface area contributed by atoms with Crippen molar-refractivity contribution in [1.82, 2.24) is 24.8 Å². The molecule has 11 nitrogen and oxygen atoms in total. The summed E-state index contributed by atoms with van der Waals surface area (Å²) in [5, 5.41) is 16.5. The smallest absolute Gasteiger partial charge is 0.321 e. The lowest BCUT2D eigenvalue weighted by Crippen LogP contribution is -2.50. The van der Waals surface area contributed by atoms with E-state index in [0.29, 0.717) is 35.8 Å². The van der Waals surface area contributed by atoms with Gasteiger partial charge < -0.3 is 29.5 Å². The number of ether oxygens (including phenoxy) is 1. The number of likely N-dealkylation sites (N-methyl/N-ethyl adjacent to an activating group) is 1. The Labute approximate surface area is 217 Å². The molecule has 0 aromatic carbocycles. The van der Waals surface area contributed by atoms with Crippen LogP contribution in [0.15, 0.2) is 16.8 Å². The van der Waals surface area contributed by atoms with Crippen molar-refractivity contribution < 1.29 is 24.0 Å². The number of aliphatic hydroxyl groups is 1. The molecule has 0 unspecified atom stereocenters. The first-order valence-corrected chi connectivity index (χ1v) is 12.2. The summed E-state index contributed by atoms with van der Waals surface area (Å²) in [7, 11) is 5.51. The number of hydrogen-bond acceptors (Lipinski definition) is 8. The van der Waals surface area contributed by atoms with Crippen LogP contribution in [0.1, 0.15) is 41.2 Å². The molecule has 3 amide bonds. The molecule has 3 atom stereocenters. The highest BCUT2D eigenvalue weighted by Gasteiger charge is 2.34. The molecule has 0 fully saturated rings. The Morgan fingerprint density at radius 3 is 2.70 bits per heavy atom. The number of aliphatic hydroxyl groups excluding tert-OH is 1. The summed E-state index contributed by atoms with van der Waals surface area (Å²) >= 11 is 0. The van der Waals surface area contributed by atoms with Gasteiger partial charge in [0.05, 0.1) is 25.7 Å². The lowest BCUT2D eigenvalue weighted by atomic mass is 10.00. The lowest BCUT2D eigenvalue weighted by Gasteiger charge is -2.37. The van der Waals surface area contributed by atoms with E-state index in [0.717, 1.165) is 0 Å². The number of pyridine rings is 1. The number of urea groups is 1. The maximum Gasteiger partial charge on any atom is 0.321 e. The first kappa shape index (κ1) is 28.0. The number of anilines is 1. The first-order chi connectivity index (χ1) is 17.5. The highest BCUT2D eigenvalue weighted by atomic mass is 16.5. The lowest BCUT2D eigenvalue weighted by molar-refractivity contribution is 0.0356. The van der Waals surface area contributed by atoms with Gasteiger partial charge in [-0.1, -0.05) is 23.9 Å². The van der Waals surface area contributed by atoms with Crippen LogP contribution >= 0.6 is 0 Å². The third-order valence-corrected chi connectivity index (χ3v) is 6.21. The molecule has 0 spiro atoms. The molecule has 0 radical (unpaired) electrons. The van der Waals surface area contributed by atoms with Crippen molar-refractivity contribution in [2.75, 3.05) is 52.7 Å². The Morgan fingerprint density at radius 1 is 1.35 bits per heavy atom. The van der Waals surface area contributed by atoms with Crippen LogP contribution in [0, 0.1) is 31.6 Å². The van der Waals surface area contributed by atoms with Crippen LogP contribution < -0.4 is 10.1 Å². The molecule has 0 saturated heterocycles. The van der Waals surface area contributed by atoms with E-state index in [1.165, 1.54) is 4.90 Å². The fraction of sp³-hybridized carbons (Fsp3) is 0.538. The molecule has 3 rings (SSSR count). The summed E-state index contributed by atoms with van der Waals surface area (Å²) in [6.45, 7) is 8.16. The Morgan fingerprint density at radius 2 is 2.08 bits per heavy atom. The second kappa shape index (κ2) is 12.1. The molecule has 2 aromatic heterocycles. The minimum atomic E-state index is -0.473. The monoisotopic (exact) mass is 512 g/mol. The highest BCUT2D eigenvalue weighted by Crippen LogP contribution is 2.27. The highest BCUT2D eigenvalue weighted by molar-refractivity contribution is 5.97. The van der Waals surface area contributed by atoms with Gasteiger partial charge in [0.2, 0.25) is 5.88 Å². The number of aromatic nitrogens is 2. The van der Waals surface area contributed by atoms with Crippen LogP contribution in [0.2, 0.25) is 0 Å². The van der Waals surface area contributed by atoms with Crippen LogP contribution in [-0.4, -0.2) is 101 Å². The molecule has 1 aliphatic heterocycles. The van der Waals surface area contributed by atoms with Crippen molar-refractivity contribution in [1.29, 1.82) is 0 Å². The molecule has 200 valence electrons. The third-order valence-electron chi connectivity index (χ3n) is 6.21. The van der Waals surface area contributed by atoms with E-state index in [2.05, 4.69) is 27.3 Å². The number of aryl methyl sites for hydroxylation is 2. The van der Waals surface area contributed by atoms with Gasteiger partial charge in [0.25, 0.3) is 5.91 Å². The number of carbonyl (C=O) groups excluding carboxylic acids is 2. The summed E-state index contributed by atoms with van der Waals surface area (Å²) < 4.78 is 11.4. The summed E-state index contributed by atoms with van der Waals surface area (Å²) in [5.74, 6) is 6.32. The molecule has 2 N–H and O–H groups in total. The fourth-order valence-corrected chi connectivity index (χ4v) is 3.90. The van der Waals surface area contributed by atoms with E-state index in [-0.39, 0.29) is 42.5 Å². The number of amides is 3. The van der Waals surface area contributed by atoms with Crippen molar-refractivity contribution in [2.24, 2.45) is 5.92 Å². The first-order valence-electron chi connectivity index (χ1n) is 12.2. The van der Waals surface area contributed by atoms with Crippen LogP contribution in [0.3, 0.4) is 0 Å². The fourth-order valence-electron chi connectivity index (χ4n) is 3.90. The predicted molar refractivity (Wildman–Crippen MR) is 138 cm³/mol. The van der Waals surface area contributed by atoms with Crippen molar-refractivity contribution in [2.45, 2.75) is 39.8 Å². The quantitative estimate of drug-likeness (QED) is 0.563. The van der Waals surface area contributed by atoms with Gasteiger partial charge in [-0.3, -0.25) is 9.69 Å². The van der Waals surface area contributed by atoms with Crippen molar-refractivity contribution in [3.8, 4) is 17.7 Å². The molecule has 2 aromatic rings. The zero-order chi connectivity index (χ0) is 27.3. The standard InChI is InChI=1S/C26H36N6O5/c1-16-13-32(17(2)15-33)25(34)21-11-20(9-8-10-30(5)6)12-27-24(21)36-22(16)14-31(7)26(35)28-23-18(3)29-37-19(23)4/h11-12,16-17,22,33H,10,13-15H2,1-7H3,(H,28,35)/t16-,17-,22-/m0/s1. The number of nitrogens with zero attached hydrogens (tertiary/aromatic N) is 5. The molecular weight excluding hydrogens is 476 g/mol. The molecule has 0 bridgehead atoms. The second-order valence-electron chi connectivity index (χ2n) is 9.75. The van der Waals surface area contributed by atoms with Crippen molar-refractivity contribution >= 4 is 17.6 Å². The molecule has 0 saturated carbocycles. The Balaban J connectivity index is 1.88. The largest absolute Gasteiger partial charge is 0.472 e. The Hall–Kier alpha value is -3.62. The summed E-state index contributed by atoms with van der Waals surface area (Å²) in [4.78, 5) is 35.9. The van der Waals surface area contributed by atoms with E-state index in [4.69, 9.17) is 9.26 Å². The average Bonchev–Trinajstić information content (AvgIpc) is 3.17. The molecule has 1 aliphatic rings. The topological polar surface area (TPSA) is 124 Å². The SMILES string of the molecule is Cc1noc(C)c1NC(=O)N(C)C[C@@H]1Oc2ncc(C#CCN(C)C)cc2C(=O)N([C@@H](C)CO)C[C@@H]1C. The maximum absolute atomic E-state index is 13.5. The van der Waals surface area contributed by atoms with Gasteiger partial charge in [0, 0.05) is 31.3 Å². The summed E-state index contributed by atoms with van der Waals surface area (Å²) in [6.07, 6.45) is 1.10. The van der Waals surface area contributed by atoms with Gasteiger partial charge in [-0.15, -0.1) is 0 Å². The van der Waals surface area contributed by atoms with Crippen LogP contribution in [-0.2, 0) is 0 Å². The summed E-state index contributed by atoms with van der Waals surface area (Å²) in [5.41, 5.74) is 1.99. The van der Waals surface area contributed by atoms with E-state index >= 15 is 0 Å². The average molecular weight is 513 g/mol. The van der Waals surface area contributed by atoms with Gasteiger partial charge in [0.15, 0.2) is 5.76 Å². The Bertz CT molecular complexity index is 1160. The number of rotatable bonds is 6. The molecular formula is C26H36N6O5. The van der Waals surface area contributed by atoms with Gasteiger partial charge in [-0.25, -0.2) is 9.78 Å². The molecule has 0 aliphatic carbocycles. The third kappa shape index (κ3) is 6.78. The van der Waals surface area contributed by atoms with Gasteiger partial charge in [0.1, 0.15) is 23.0 Å².